The maximum atomic E-state index is 12.0. The van der Waals surface area contributed by atoms with Gasteiger partial charge in [-0.3, -0.25) is 0 Å². The summed E-state index contributed by atoms with van der Waals surface area (Å²) in [6, 6.07) is 14.4. The molecular formula is C21H27NO5. The lowest BCUT2D eigenvalue weighted by Gasteiger charge is -2.24. The van der Waals surface area contributed by atoms with Crippen LogP contribution in [0.5, 0.6) is 11.5 Å². The Morgan fingerprint density at radius 2 is 1.85 bits per heavy atom. The lowest BCUT2D eigenvalue weighted by Crippen LogP contribution is -2.36. The Labute approximate surface area is 160 Å². The summed E-state index contributed by atoms with van der Waals surface area (Å²) in [4.78, 5) is 12.0. The second kappa shape index (κ2) is 9.28. The van der Waals surface area contributed by atoms with E-state index in [1.165, 1.54) is 7.11 Å². The molecule has 1 amide bonds. The molecule has 0 saturated carbocycles. The third-order valence-corrected chi connectivity index (χ3v) is 3.70. The average Bonchev–Trinajstić information content (AvgIpc) is 2.63. The molecule has 0 fully saturated rings. The summed E-state index contributed by atoms with van der Waals surface area (Å²) >= 11 is 0. The number of aliphatic hydroxyl groups excluding tert-OH is 1. The second-order valence-corrected chi connectivity index (χ2v) is 7.06. The van der Waals surface area contributed by atoms with Crippen LogP contribution in [0.4, 0.5) is 4.79 Å². The zero-order chi connectivity index (χ0) is 19.9. The predicted molar refractivity (Wildman–Crippen MR) is 103 cm³/mol. The van der Waals surface area contributed by atoms with Crippen molar-refractivity contribution in [2.75, 3.05) is 13.7 Å². The number of benzene rings is 2. The molecule has 6 nitrogen and oxygen atoms in total. The van der Waals surface area contributed by atoms with Gasteiger partial charge in [-0.25, -0.2) is 4.79 Å². The molecule has 2 rings (SSSR count). The highest BCUT2D eigenvalue weighted by Crippen LogP contribution is 2.30. The van der Waals surface area contributed by atoms with Gasteiger partial charge in [0.2, 0.25) is 0 Å². The van der Waals surface area contributed by atoms with Gasteiger partial charge in [0.25, 0.3) is 0 Å². The number of ether oxygens (including phenoxy) is 3. The van der Waals surface area contributed by atoms with Crippen LogP contribution in [0, 0.1) is 0 Å². The van der Waals surface area contributed by atoms with E-state index in [1.54, 1.807) is 39.0 Å². The molecule has 2 N–H and O–H groups in total. The van der Waals surface area contributed by atoms with Crippen LogP contribution < -0.4 is 14.8 Å². The number of hydrogen-bond donors (Lipinski definition) is 2. The predicted octanol–water partition coefficient (Wildman–Crippen LogP) is 3.83. The molecule has 27 heavy (non-hydrogen) atoms. The number of rotatable bonds is 7. The molecule has 0 aliphatic heterocycles. The SMILES string of the molecule is COc1cc(OCc2ccccc2)ccc1C(CO)NC(=O)OC(C)(C)C. The van der Waals surface area contributed by atoms with Gasteiger partial charge in [0.1, 0.15) is 23.7 Å². The maximum absolute atomic E-state index is 12.0. The third-order valence-electron chi connectivity index (χ3n) is 3.70. The summed E-state index contributed by atoms with van der Waals surface area (Å²) < 4.78 is 16.5. The number of carbonyl (C=O) groups excluding carboxylic acids is 1. The van der Waals surface area contributed by atoms with Gasteiger partial charge >= 0.3 is 6.09 Å². The molecule has 1 atom stereocenters. The quantitative estimate of drug-likeness (QED) is 0.771. The Morgan fingerprint density at radius 3 is 2.44 bits per heavy atom. The Kier molecular flexibility index (Phi) is 7.07. The van der Waals surface area contributed by atoms with Crippen LogP contribution in [-0.2, 0) is 11.3 Å². The van der Waals surface area contributed by atoms with Gasteiger partial charge in [0.05, 0.1) is 19.8 Å². The molecule has 6 heteroatoms. The minimum Gasteiger partial charge on any atom is -0.496 e. The fourth-order valence-electron chi connectivity index (χ4n) is 2.48. The molecule has 0 bridgehead atoms. The third kappa shape index (κ3) is 6.49. The van der Waals surface area contributed by atoms with Crippen LogP contribution in [0.3, 0.4) is 0 Å². The first-order chi connectivity index (χ1) is 12.8. The van der Waals surface area contributed by atoms with E-state index in [1.807, 2.05) is 30.3 Å². The minimum absolute atomic E-state index is 0.292. The Morgan fingerprint density at radius 1 is 1.15 bits per heavy atom. The van der Waals surface area contributed by atoms with Gasteiger partial charge in [-0.15, -0.1) is 0 Å². The molecule has 0 radical (unpaired) electrons. The van der Waals surface area contributed by atoms with Crippen LogP contribution >= 0.6 is 0 Å². The van der Waals surface area contributed by atoms with Crippen LogP contribution in [0.25, 0.3) is 0 Å². The van der Waals surface area contributed by atoms with E-state index in [2.05, 4.69) is 5.32 Å². The number of hydrogen-bond acceptors (Lipinski definition) is 5. The largest absolute Gasteiger partial charge is 0.496 e. The van der Waals surface area contributed by atoms with Crippen LogP contribution in [-0.4, -0.2) is 30.5 Å². The molecule has 0 aliphatic rings. The molecular weight excluding hydrogens is 346 g/mol. The first-order valence-electron chi connectivity index (χ1n) is 8.77. The highest BCUT2D eigenvalue weighted by atomic mass is 16.6. The van der Waals surface area contributed by atoms with Crippen molar-refractivity contribution in [1.82, 2.24) is 5.32 Å². The van der Waals surface area contributed by atoms with Gasteiger partial charge in [-0.1, -0.05) is 30.3 Å². The van der Waals surface area contributed by atoms with Gasteiger partial charge in [0.15, 0.2) is 0 Å². The van der Waals surface area contributed by atoms with E-state index >= 15 is 0 Å². The summed E-state index contributed by atoms with van der Waals surface area (Å²) in [5, 5.41) is 12.4. The number of methoxy groups -OCH3 is 1. The monoisotopic (exact) mass is 373 g/mol. The first kappa shape index (κ1) is 20.6. The van der Waals surface area contributed by atoms with E-state index in [9.17, 15) is 9.90 Å². The Bertz CT molecular complexity index is 740. The Balaban J connectivity index is 2.10. The highest BCUT2D eigenvalue weighted by molar-refractivity contribution is 5.68. The van der Waals surface area contributed by atoms with Crippen molar-refractivity contribution in [3.63, 3.8) is 0 Å². The van der Waals surface area contributed by atoms with Crippen LogP contribution in [0.15, 0.2) is 48.5 Å². The number of nitrogens with one attached hydrogen (secondary N) is 1. The van der Waals surface area contributed by atoms with Crippen LogP contribution in [0.2, 0.25) is 0 Å². The fraction of sp³-hybridized carbons (Fsp3) is 0.381. The summed E-state index contributed by atoms with van der Waals surface area (Å²) in [7, 11) is 1.53. The van der Waals surface area contributed by atoms with Gasteiger partial charge in [0, 0.05) is 11.6 Å². The summed E-state index contributed by atoms with van der Waals surface area (Å²) in [5.41, 5.74) is 1.07. The number of carbonyl (C=O) groups is 1. The first-order valence-corrected chi connectivity index (χ1v) is 8.77. The molecule has 146 valence electrons. The molecule has 0 aliphatic carbocycles. The van der Waals surface area contributed by atoms with Crippen molar-refractivity contribution in [2.45, 2.75) is 39.0 Å². The lowest BCUT2D eigenvalue weighted by molar-refractivity contribution is 0.0481. The average molecular weight is 373 g/mol. The molecule has 2 aromatic rings. The van der Waals surface area contributed by atoms with Gasteiger partial charge in [-0.05, 0) is 38.5 Å². The van der Waals surface area contributed by atoms with Crippen molar-refractivity contribution in [2.24, 2.45) is 0 Å². The van der Waals surface area contributed by atoms with Gasteiger partial charge < -0.3 is 24.6 Å². The van der Waals surface area contributed by atoms with Crippen molar-refractivity contribution in [3.05, 3.63) is 59.7 Å². The van der Waals surface area contributed by atoms with E-state index in [0.29, 0.717) is 23.7 Å². The minimum atomic E-state index is -0.655. The lowest BCUT2D eigenvalue weighted by atomic mass is 10.1. The molecule has 0 aromatic heterocycles. The van der Waals surface area contributed by atoms with E-state index < -0.39 is 17.7 Å². The van der Waals surface area contributed by atoms with E-state index in [-0.39, 0.29) is 6.61 Å². The van der Waals surface area contributed by atoms with Crippen molar-refractivity contribution in [3.8, 4) is 11.5 Å². The number of amides is 1. The summed E-state index contributed by atoms with van der Waals surface area (Å²) in [6.45, 7) is 5.47. The Hall–Kier alpha value is -2.73. The molecule has 0 spiro atoms. The molecule has 0 saturated heterocycles. The molecule has 1 unspecified atom stereocenters. The van der Waals surface area contributed by atoms with E-state index in [4.69, 9.17) is 14.2 Å². The highest BCUT2D eigenvalue weighted by Gasteiger charge is 2.22. The zero-order valence-corrected chi connectivity index (χ0v) is 16.2. The van der Waals surface area contributed by atoms with Crippen molar-refractivity contribution >= 4 is 6.09 Å². The summed E-state index contributed by atoms with van der Waals surface area (Å²) in [5.74, 6) is 1.14. The zero-order valence-electron chi connectivity index (χ0n) is 16.2. The van der Waals surface area contributed by atoms with E-state index in [0.717, 1.165) is 5.56 Å². The maximum Gasteiger partial charge on any atom is 0.408 e. The number of aliphatic hydroxyl groups is 1. The smallest absolute Gasteiger partial charge is 0.408 e. The molecule has 2 aromatic carbocycles. The van der Waals surface area contributed by atoms with Gasteiger partial charge in [-0.2, -0.15) is 0 Å². The number of alkyl carbamates (subject to hydrolysis) is 1. The van der Waals surface area contributed by atoms with Crippen molar-refractivity contribution < 1.29 is 24.1 Å². The topological polar surface area (TPSA) is 77.0 Å². The standard InChI is InChI=1S/C21H27NO5/c1-21(2,3)27-20(24)22-18(13-23)17-11-10-16(12-19(17)25-4)26-14-15-8-6-5-7-9-15/h5-12,18,23H,13-14H2,1-4H3,(H,22,24). The normalized spacial score (nSPS) is 12.2. The second-order valence-electron chi connectivity index (χ2n) is 7.06. The van der Waals surface area contributed by atoms with Crippen LogP contribution in [0.1, 0.15) is 37.9 Å². The summed E-state index contributed by atoms with van der Waals surface area (Å²) in [6.07, 6.45) is -0.604. The fourth-order valence-corrected chi connectivity index (χ4v) is 2.48. The molecule has 0 heterocycles. The van der Waals surface area contributed by atoms with Crippen molar-refractivity contribution in [1.29, 1.82) is 0 Å².